The van der Waals surface area contributed by atoms with Gasteiger partial charge in [-0.25, -0.2) is 0 Å². The summed E-state index contributed by atoms with van der Waals surface area (Å²) in [5, 5.41) is 3.63. The van der Waals surface area contributed by atoms with Crippen molar-refractivity contribution in [1.29, 1.82) is 0 Å². The molecule has 3 heterocycles. The van der Waals surface area contributed by atoms with E-state index in [2.05, 4.69) is 65.7 Å². The Kier molecular flexibility index (Phi) is 6.34. The van der Waals surface area contributed by atoms with Crippen LogP contribution in [0.2, 0.25) is 0 Å². The van der Waals surface area contributed by atoms with Crippen LogP contribution in [0.25, 0.3) is 0 Å². The number of hydrogen-bond donors (Lipinski definition) is 1. The van der Waals surface area contributed by atoms with Crippen molar-refractivity contribution in [3.05, 3.63) is 65.2 Å². The number of piperidine rings is 1. The maximum absolute atomic E-state index is 14.5. The number of fused-ring (bicyclic) bond motifs is 2. The van der Waals surface area contributed by atoms with Crippen molar-refractivity contribution >= 4 is 5.91 Å². The lowest BCUT2D eigenvalue weighted by molar-refractivity contribution is -0.143. The van der Waals surface area contributed by atoms with Gasteiger partial charge in [-0.15, -0.1) is 0 Å². The fourth-order valence-corrected chi connectivity index (χ4v) is 7.73. The molecule has 1 saturated carbocycles. The van der Waals surface area contributed by atoms with E-state index < -0.39 is 0 Å². The first-order chi connectivity index (χ1) is 17.2. The van der Waals surface area contributed by atoms with Crippen LogP contribution in [-0.4, -0.2) is 43.1 Å². The highest BCUT2D eigenvalue weighted by Crippen LogP contribution is 2.48. The lowest BCUT2D eigenvalue weighted by atomic mass is 9.67. The SMILES string of the molecule is Cc1ccc2c(c1)OCC[C@]21CNC[C@H]1C(=O)N1CC[C@@H](c2ccccc2)C[C@H]1C1CCCCC1. The third-order valence-electron chi connectivity index (χ3n) is 9.63. The lowest BCUT2D eigenvalue weighted by Crippen LogP contribution is -2.55. The van der Waals surface area contributed by atoms with Gasteiger partial charge in [-0.1, -0.05) is 61.7 Å². The number of amides is 1. The fourth-order valence-electron chi connectivity index (χ4n) is 7.73. The van der Waals surface area contributed by atoms with E-state index >= 15 is 0 Å². The second-order valence-electron chi connectivity index (χ2n) is 11.6. The van der Waals surface area contributed by atoms with E-state index in [0.717, 1.165) is 44.6 Å². The number of rotatable bonds is 3. The zero-order chi connectivity index (χ0) is 23.8. The van der Waals surface area contributed by atoms with Crippen molar-refractivity contribution in [2.75, 3.05) is 26.2 Å². The van der Waals surface area contributed by atoms with Gasteiger partial charge in [0.2, 0.25) is 5.91 Å². The maximum Gasteiger partial charge on any atom is 0.228 e. The molecule has 2 aromatic rings. The minimum absolute atomic E-state index is 0.00720. The van der Waals surface area contributed by atoms with Crippen LogP contribution in [0, 0.1) is 18.8 Å². The van der Waals surface area contributed by atoms with E-state index in [1.807, 2.05) is 0 Å². The highest BCUT2D eigenvalue weighted by atomic mass is 16.5. The second-order valence-corrected chi connectivity index (χ2v) is 11.6. The molecule has 186 valence electrons. The van der Waals surface area contributed by atoms with Gasteiger partial charge in [-0.2, -0.15) is 0 Å². The summed E-state index contributed by atoms with van der Waals surface area (Å²) >= 11 is 0. The summed E-state index contributed by atoms with van der Waals surface area (Å²) < 4.78 is 6.09. The first-order valence-electron chi connectivity index (χ1n) is 14.0. The number of likely N-dealkylation sites (tertiary alicyclic amines) is 1. The number of nitrogens with zero attached hydrogens (tertiary/aromatic N) is 1. The Bertz CT molecular complexity index is 1050. The molecule has 4 heteroatoms. The summed E-state index contributed by atoms with van der Waals surface area (Å²) in [5.41, 5.74) is 3.76. The van der Waals surface area contributed by atoms with Gasteiger partial charge in [-0.05, 0) is 68.1 Å². The van der Waals surface area contributed by atoms with Crippen LogP contribution in [0.15, 0.2) is 48.5 Å². The standard InChI is InChI=1S/C31H40N2O2/c1-22-12-13-26-29(18-22)35-17-15-31(26)21-32-20-27(31)30(34)33-16-14-25(23-8-4-2-5-9-23)19-28(33)24-10-6-3-7-11-24/h2,4-5,8-9,12-13,18,24-25,27-28,32H,3,6-7,10-11,14-17,19-21H2,1H3/t25-,27+,28+,31+/m1/s1. The van der Waals surface area contributed by atoms with Gasteiger partial charge in [0.1, 0.15) is 5.75 Å². The van der Waals surface area contributed by atoms with Gasteiger partial charge in [-0.3, -0.25) is 4.79 Å². The normalized spacial score (nSPS) is 31.2. The fraction of sp³-hybridized carbons (Fsp3) is 0.581. The Morgan fingerprint density at radius 2 is 1.89 bits per heavy atom. The Balaban J connectivity index is 1.30. The summed E-state index contributed by atoms with van der Waals surface area (Å²) in [7, 11) is 0. The molecule has 4 atom stereocenters. The third-order valence-corrected chi connectivity index (χ3v) is 9.63. The molecule has 1 spiro atoms. The van der Waals surface area contributed by atoms with Gasteiger partial charge in [0.05, 0.1) is 12.5 Å². The molecule has 4 nitrogen and oxygen atoms in total. The zero-order valence-corrected chi connectivity index (χ0v) is 21.2. The van der Waals surface area contributed by atoms with Crippen LogP contribution in [0.5, 0.6) is 5.75 Å². The molecule has 1 aliphatic carbocycles. The number of hydrogen-bond acceptors (Lipinski definition) is 3. The Hall–Kier alpha value is -2.33. The average molecular weight is 473 g/mol. The number of carbonyl (C=O) groups excluding carboxylic acids is 1. The van der Waals surface area contributed by atoms with Crippen molar-refractivity contribution in [2.45, 2.75) is 75.7 Å². The predicted octanol–water partition coefficient (Wildman–Crippen LogP) is 5.59. The van der Waals surface area contributed by atoms with Crippen LogP contribution in [0.4, 0.5) is 0 Å². The Morgan fingerprint density at radius 1 is 1.06 bits per heavy atom. The molecule has 2 saturated heterocycles. The number of benzene rings is 2. The number of nitrogens with one attached hydrogen (secondary N) is 1. The second kappa shape index (κ2) is 9.61. The first-order valence-corrected chi connectivity index (χ1v) is 14.0. The van der Waals surface area contributed by atoms with E-state index in [0.29, 0.717) is 30.4 Å². The minimum atomic E-state index is -0.147. The topological polar surface area (TPSA) is 41.6 Å². The molecule has 4 aliphatic rings. The van der Waals surface area contributed by atoms with E-state index in [-0.39, 0.29) is 11.3 Å². The number of carbonyl (C=O) groups is 1. The third kappa shape index (κ3) is 4.18. The number of aryl methyl sites for hydroxylation is 1. The predicted molar refractivity (Wildman–Crippen MR) is 140 cm³/mol. The number of ether oxygens (including phenoxy) is 1. The Labute approximate surface area is 210 Å². The quantitative estimate of drug-likeness (QED) is 0.633. The van der Waals surface area contributed by atoms with Gasteiger partial charge < -0.3 is 15.0 Å². The first kappa shape index (κ1) is 23.1. The summed E-state index contributed by atoms with van der Waals surface area (Å²) in [6, 6.07) is 18.0. The molecule has 6 rings (SSSR count). The van der Waals surface area contributed by atoms with Gasteiger partial charge in [0, 0.05) is 36.7 Å². The summed E-state index contributed by atoms with van der Waals surface area (Å²) in [4.78, 5) is 16.9. The molecule has 3 fully saturated rings. The van der Waals surface area contributed by atoms with E-state index in [4.69, 9.17) is 4.74 Å². The Morgan fingerprint density at radius 3 is 2.71 bits per heavy atom. The minimum Gasteiger partial charge on any atom is -0.493 e. The molecule has 0 bridgehead atoms. The summed E-state index contributed by atoms with van der Waals surface area (Å²) in [6.45, 7) is 5.36. The van der Waals surface area contributed by atoms with E-state index in [9.17, 15) is 4.79 Å². The van der Waals surface area contributed by atoms with Gasteiger partial charge >= 0.3 is 0 Å². The van der Waals surface area contributed by atoms with Crippen LogP contribution >= 0.6 is 0 Å². The van der Waals surface area contributed by atoms with Gasteiger partial charge in [0.15, 0.2) is 0 Å². The van der Waals surface area contributed by atoms with Crippen molar-refractivity contribution in [3.63, 3.8) is 0 Å². The molecule has 0 aromatic heterocycles. The smallest absolute Gasteiger partial charge is 0.228 e. The molecule has 35 heavy (non-hydrogen) atoms. The molecule has 0 radical (unpaired) electrons. The molecule has 3 aliphatic heterocycles. The van der Waals surface area contributed by atoms with Crippen LogP contribution < -0.4 is 10.1 Å². The van der Waals surface area contributed by atoms with Gasteiger partial charge in [0.25, 0.3) is 0 Å². The summed E-state index contributed by atoms with van der Waals surface area (Å²) in [5.74, 6) is 2.59. The lowest BCUT2D eigenvalue weighted by Gasteiger charge is -2.48. The molecule has 2 aromatic carbocycles. The maximum atomic E-state index is 14.5. The van der Waals surface area contributed by atoms with Crippen LogP contribution in [-0.2, 0) is 10.2 Å². The summed E-state index contributed by atoms with van der Waals surface area (Å²) in [6.07, 6.45) is 9.65. The molecular weight excluding hydrogens is 432 g/mol. The van der Waals surface area contributed by atoms with Crippen molar-refractivity contribution < 1.29 is 9.53 Å². The van der Waals surface area contributed by atoms with E-state index in [1.54, 1.807) is 0 Å². The molecule has 0 unspecified atom stereocenters. The van der Waals surface area contributed by atoms with E-state index in [1.165, 1.54) is 48.8 Å². The molecule has 1 amide bonds. The van der Waals surface area contributed by atoms with Crippen molar-refractivity contribution in [1.82, 2.24) is 10.2 Å². The largest absolute Gasteiger partial charge is 0.493 e. The zero-order valence-electron chi connectivity index (χ0n) is 21.2. The van der Waals surface area contributed by atoms with Crippen LogP contribution in [0.1, 0.15) is 74.0 Å². The highest BCUT2D eigenvalue weighted by molar-refractivity contribution is 5.82. The van der Waals surface area contributed by atoms with Crippen LogP contribution in [0.3, 0.4) is 0 Å². The molecular formula is C31H40N2O2. The van der Waals surface area contributed by atoms with Crippen molar-refractivity contribution in [2.24, 2.45) is 11.8 Å². The molecule has 1 N–H and O–H groups in total. The monoisotopic (exact) mass is 472 g/mol. The average Bonchev–Trinajstić information content (AvgIpc) is 3.32. The van der Waals surface area contributed by atoms with Crippen molar-refractivity contribution in [3.8, 4) is 5.75 Å². The highest BCUT2D eigenvalue weighted by Gasteiger charge is 2.53.